The topological polar surface area (TPSA) is 30.5 Å². The average Bonchev–Trinajstić information content (AvgIpc) is 3.03. The van der Waals surface area contributed by atoms with Crippen molar-refractivity contribution < 1.29 is 9.47 Å². The van der Waals surface area contributed by atoms with E-state index in [0.717, 1.165) is 19.6 Å². The molecule has 16 heavy (non-hydrogen) atoms. The molecule has 0 aromatic carbocycles. The van der Waals surface area contributed by atoms with Crippen LogP contribution in [0.3, 0.4) is 0 Å². The molecule has 2 aliphatic rings. The van der Waals surface area contributed by atoms with Crippen molar-refractivity contribution in [2.45, 2.75) is 49.2 Å². The Balaban J connectivity index is 1.71. The van der Waals surface area contributed by atoms with Crippen LogP contribution in [0.15, 0.2) is 0 Å². The molecule has 0 spiro atoms. The number of ether oxygens (including phenoxy) is 2. The van der Waals surface area contributed by atoms with Crippen LogP contribution in [0.2, 0.25) is 0 Å². The Morgan fingerprint density at radius 1 is 1.44 bits per heavy atom. The second-order valence-corrected chi connectivity index (χ2v) is 6.08. The van der Waals surface area contributed by atoms with Crippen molar-refractivity contribution in [2.75, 3.05) is 26.5 Å². The van der Waals surface area contributed by atoms with E-state index in [9.17, 15) is 0 Å². The highest BCUT2D eigenvalue weighted by Gasteiger charge is 2.46. The minimum atomic E-state index is 0.248. The normalized spacial score (nSPS) is 35.8. The molecule has 3 nitrogen and oxygen atoms in total. The fraction of sp³-hybridized carbons (Fsp3) is 1.00. The van der Waals surface area contributed by atoms with Gasteiger partial charge >= 0.3 is 0 Å². The highest BCUT2D eigenvalue weighted by Crippen LogP contribution is 2.46. The molecule has 4 heteroatoms. The average molecular weight is 245 g/mol. The van der Waals surface area contributed by atoms with E-state index in [-0.39, 0.29) is 6.10 Å². The number of hydrogen-bond donors (Lipinski definition) is 1. The molecule has 0 amide bonds. The Labute approximate surface area is 103 Å². The van der Waals surface area contributed by atoms with Crippen molar-refractivity contribution in [3.05, 3.63) is 0 Å². The van der Waals surface area contributed by atoms with Gasteiger partial charge in [0, 0.05) is 31.1 Å². The summed E-state index contributed by atoms with van der Waals surface area (Å²) in [6, 6.07) is 0.492. The minimum absolute atomic E-state index is 0.248. The number of rotatable bonds is 7. The van der Waals surface area contributed by atoms with E-state index in [4.69, 9.17) is 9.47 Å². The van der Waals surface area contributed by atoms with Crippen LogP contribution in [0.25, 0.3) is 0 Å². The molecule has 0 radical (unpaired) electrons. The molecule has 3 unspecified atom stereocenters. The third-order valence-electron chi connectivity index (χ3n) is 3.83. The SMILES string of the molecule is CCOC1CC(NCC2(SC)CC2)C1OC. The summed E-state index contributed by atoms with van der Waals surface area (Å²) in [5.74, 6) is 0. The molecule has 2 saturated carbocycles. The highest BCUT2D eigenvalue weighted by molar-refractivity contribution is 8.00. The standard InChI is InChI=1S/C12H23NO2S/c1-4-15-10-7-9(11(10)14-2)13-8-12(16-3)5-6-12/h9-11,13H,4-8H2,1-3H3. The van der Waals surface area contributed by atoms with Crippen molar-refractivity contribution in [3.8, 4) is 0 Å². The van der Waals surface area contributed by atoms with Crippen molar-refractivity contribution >= 4 is 11.8 Å². The van der Waals surface area contributed by atoms with Crippen molar-refractivity contribution in [3.63, 3.8) is 0 Å². The zero-order valence-electron chi connectivity index (χ0n) is 10.5. The van der Waals surface area contributed by atoms with Gasteiger partial charge in [-0.25, -0.2) is 0 Å². The summed E-state index contributed by atoms with van der Waals surface area (Å²) in [5, 5.41) is 3.64. The summed E-state index contributed by atoms with van der Waals surface area (Å²) >= 11 is 2.00. The summed E-state index contributed by atoms with van der Waals surface area (Å²) in [6.45, 7) is 3.95. The summed E-state index contributed by atoms with van der Waals surface area (Å²) in [6.07, 6.45) is 6.58. The van der Waals surface area contributed by atoms with Gasteiger partial charge < -0.3 is 14.8 Å². The maximum absolute atomic E-state index is 5.62. The van der Waals surface area contributed by atoms with Gasteiger partial charge in [-0.1, -0.05) is 0 Å². The molecular formula is C12H23NO2S. The highest BCUT2D eigenvalue weighted by atomic mass is 32.2. The monoisotopic (exact) mass is 245 g/mol. The molecule has 0 aromatic rings. The zero-order valence-corrected chi connectivity index (χ0v) is 11.3. The van der Waals surface area contributed by atoms with Gasteiger partial charge in [-0.2, -0.15) is 11.8 Å². The first-order valence-corrected chi connectivity index (χ1v) is 7.40. The lowest BCUT2D eigenvalue weighted by Crippen LogP contribution is -2.60. The number of nitrogens with one attached hydrogen (secondary N) is 1. The second kappa shape index (κ2) is 5.25. The van der Waals surface area contributed by atoms with Gasteiger partial charge in [0.05, 0.1) is 12.2 Å². The van der Waals surface area contributed by atoms with Gasteiger partial charge in [-0.15, -0.1) is 0 Å². The van der Waals surface area contributed by atoms with Gasteiger partial charge in [0.15, 0.2) is 0 Å². The van der Waals surface area contributed by atoms with Gasteiger partial charge in [-0.05, 0) is 32.4 Å². The first-order chi connectivity index (χ1) is 7.74. The summed E-state index contributed by atoms with van der Waals surface area (Å²) < 4.78 is 11.6. The van der Waals surface area contributed by atoms with Gasteiger partial charge in [0.1, 0.15) is 0 Å². The van der Waals surface area contributed by atoms with Crippen LogP contribution >= 0.6 is 11.8 Å². The Morgan fingerprint density at radius 3 is 2.69 bits per heavy atom. The zero-order chi connectivity index (χ0) is 11.6. The molecule has 2 rings (SSSR count). The van der Waals surface area contributed by atoms with Crippen molar-refractivity contribution in [1.82, 2.24) is 5.32 Å². The molecule has 94 valence electrons. The molecule has 0 bridgehead atoms. The lowest BCUT2D eigenvalue weighted by atomic mass is 9.85. The second-order valence-electron chi connectivity index (χ2n) is 4.80. The molecule has 0 heterocycles. The van der Waals surface area contributed by atoms with E-state index in [1.165, 1.54) is 12.8 Å². The third kappa shape index (κ3) is 2.55. The van der Waals surface area contributed by atoms with E-state index >= 15 is 0 Å². The van der Waals surface area contributed by atoms with Gasteiger partial charge in [0.25, 0.3) is 0 Å². The quantitative estimate of drug-likeness (QED) is 0.739. The Morgan fingerprint density at radius 2 is 2.19 bits per heavy atom. The Bertz CT molecular complexity index is 233. The van der Waals surface area contributed by atoms with E-state index in [0.29, 0.717) is 16.9 Å². The maximum atomic E-state index is 5.62. The predicted molar refractivity (Wildman–Crippen MR) is 68.1 cm³/mol. The van der Waals surface area contributed by atoms with Crippen LogP contribution < -0.4 is 5.32 Å². The van der Waals surface area contributed by atoms with Gasteiger partial charge in [0.2, 0.25) is 0 Å². The fourth-order valence-electron chi connectivity index (χ4n) is 2.38. The summed E-state index contributed by atoms with van der Waals surface area (Å²) in [7, 11) is 1.78. The Kier molecular flexibility index (Phi) is 4.16. The van der Waals surface area contributed by atoms with Crippen LogP contribution in [0.1, 0.15) is 26.2 Å². The number of hydrogen-bond acceptors (Lipinski definition) is 4. The lowest BCUT2D eigenvalue weighted by molar-refractivity contribution is -0.131. The van der Waals surface area contributed by atoms with E-state index in [1.54, 1.807) is 7.11 Å². The number of thioether (sulfide) groups is 1. The van der Waals surface area contributed by atoms with Crippen molar-refractivity contribution in [1.29, 1.82) is 0 Å². The molecule has 3 atom stereocenters. The third-order valence-corrected chi connectivity index (χ3v) is 5.25. The Hall–Kier alpha value is 0.230. The van der Waals surface area contributed by atoms with Crippen LogP contribution in [0.5, 0.6) is 0 Å². The van der Waals surface area contributed by atoms with Crippen LogP contribution in [0.4, 0.5) is 0 Å². The first-order valence-electron chi connectivity index (χ1n) is 6.17. The first kappa shape index (κ1) is 12.7. The molecular weight excluding hydrogens is 222 g/mol. The fourth-order valence-corrected chi connectivity index (χ4v) is 3.12. The molecule has 2 aliphatic carbocycles. The smallest absolute Gasteiger partial charge is 0.0986 e. The van der Waals surface area contributed by atoms with Gasteiger partial charge in [-0.3, -0.25) is 0 Å². The van der Waals surface area contributed by atoms with Crippen molar-refractivity contribution in [2.24, 2.45) is 0 Å². The summed E-state index contributed by atoms with van der Waals surface area (Å²) in [5.41, 5.74) is 0. The van der Waals surface area contributed by atoms with Crippen LogP contribution in [-0.4, -0.2) is 49.5 Å². The predicted octanol–water partition coefficient (Wildman–Crippen LogP) is 1.66. The van der Waals surface area contributed by atoms with Crippen LogP contribution in [0, 0.1) is 0 Å². The molecule has 2 fully saturated rings. The van der Waals surface area contributed by atoms with E-state index in [1.807, 2.05) is 18.7 Å². The minimum Gasteiger partial charge on any atom is -0.377 e. The summed E-state index contributed by atoms with van der Waals surface area (Å²) in [4.78, 5) is 0. The molecule has 0 aliphatic heterocycles. The molecule has 0 aromatic heterocycles. The van der Waals surface area contributed by atoms with E-state index in [2.05, 4.69) is 11.6 Å². The lowest BCUT2D eigenvalue weighted by Gasteiger charge is -2.44. The van der Waals surface area contributed by atoms with E-state index < -0.39 is 0 Å². The number of methoxy groups -OCH3 is 1. The maximum Gasteiger partial charge on any atom is 0.0986 e. The van der Waals surface area contributed by atoms with Crippen LogP contribution in [-0.2, 0) is 9.47 Å². The molecule has 0 saturated heterocycles. The molecule has 1 N–H and O–H groups in total. The largest absolute Gasteiger partial charge is 0.377 e.